The lowest BCUT2D eigenvalue weighted by Gasteiger charge is -2.12. The summed E-state index contributed by atoms with van der Waals surface area (Å²) >= 11 is 0. The highest BCUT2D eigenvalue weighted by molar-refractivity contribution is 5.38. The fraction of sp³-hybridized carbons (Fsp3) is 0.400. The number of nitrogens with one attached hydrogen (secondary N) is 1. The van der Waals surface area contributed by atoms with E-state index in [1.54, 1.807) is 0 Å². The predicted molar refractivity (Wildman–Crippen MR) is 48.2 cm³/mol. The zero-order chi connectivity index (χ0) is 11.0. The zero-order valence-electron chi connectivity index (χ0n) is 7.86. The van der Waals surface area contributed by atoms with E-state index >= 15 is 0 Å². The Morgan fingerprint density at radius 3 is 2.60 bits per heavy atom. The van der Waals surface area contributed by atoms with Crippen LogP contribution in [0.3, 0.4) is 0 Å². The van der Waals surface area contributed by atoms with Crippen molar-refractivity contribution < 1.29 is 18.3 Å². The molecular formula is C10H10F3NO. The fourth-order valence-electron chi connectivity index (χ4n) is 1.84. The maximum atomic E-state index is 13.0. The van der Waals surface area contributed by atoms with Crippen LogP contribution >= 0.6 is 0 Å². The molecule has 0 saturated carbocycles. The summed E-state index contributed by atoms with van der Waals surface area (Å²) in [6, 6.07) is 0.866. The number of phenolic OH excluding ortho intramolecular Hbond substituents is 1. The Labute approximate surface area is 84.7 Å². The van der Waals surface area contributed by atoms with Gasteiger partial charge in [0.15, 0.2) is 17.4 Å². The molecule has 0 aromatic heterocycles. The number of hydrogen-bond acceptors (Lipinski definition) is 2. The van der Waals surface area contributed by atoms with E-state index in [-0.39, 0.29) is 11.5 Å². The fourth-order valence-corrected chi connectivity index (χ4v) is 1.84. The lowest BCUT2D eigenvalue weighted by molar-refractivity contribution is 0.378. The Morgan fingerprint density at radius 2 is 2.00 bits per heavy atom. The average Bonchev–Trinajstić information content (AvgIpc) is 2.73. The minimum absolute atomic E-state index is 0.136. The van der Waals surface area contributed by atoms with Crippen molar-refractivity contribution in [2.24, 2.45) is 0 Å². The Kier molecular flexibility index (Phi) is 2.56. The third kappa shape index (κ3) is 1.67. The molecule has 1 aliphatic rings. The number of hydrogen-bond donors (Lipinski definition) is 2. The maximum Gasteiger partial charge on any atom is 0.203 e. The summed E-state index contributed by atoms with van der Waals surface area (Å²) in [6.07, 6.45) is 0.679. The number of halogens is 3. The quantitative estimate of drug-likeness (QED) is 0.704. The maximum absolute atomic E-state index is 13.0. The van der Waals surface area contributed by atoms with Crippen LogP contribution < -0.4 is 5.32 Å². The number of rotatable bonds is 1. The average molecular weight is 217 g/mol. The first-order valence-electron chi connectivity index (χ1n) is 4.68. The molecule has 1 aromatic rings. The van der Waals surface area contributed by atoms with Gasteiger partial charge in [-0.2, -0.15) is 4.39 Å². The van der Waals surface area contributed by atoms with E-state index in [2.05, 4.69) is 5.32 Å². The molecular weight excluding hydrogens is 207 g/mol. The van der Waals surface area contributed by atoms with Gasteiger partial charge >= 0.3 is 0 Å². The van der Waals surface area contributed by atoms with Crippen molar-refractivity contribution in [2.75, 3.05) is 13.1 Å². The van der Waals surface area contributed by atoms with Gasteiger partial charge in [0, 0.05) is 18.0 Å². The second kappa shape index (κ2) is 3.73. The monoisotopic (exact) mass is 217 g/mol. The van der Waals surface area contributed by atoms with Crippen molar-refractivity contribution in [3.8, 4) is 5.75 Å². The Balaban J connectivity index is 2.47. The van der Waals surface area contributed by atoms with Crippen LogP contribution in [0.25, 0.3) is 0 Å². The molecule has 1 saturated heterocycles. The van der Waals surface area contributed by atoms with Crippen LogP contribution in [0, 0.1) is 17.5 Å². The van der Waals surface area contributed by atoms with Gasteiger partial charge in [-0.3, -0.25) is 0 Å². The van der Waals surface area contributed by atoms with Crippen LogP contribution in [0.15, 0.2) is 6.07 Å². The summed E-state index contributed by atoms with van der Waals surface area (Å²) in [5.41, 5.74) is 0.136. The van der Waals surface area contributed by atoms with Crippen LogP contribution in [-0.4, -0.2) is 18.2 Å². The highest BCUT2D eigenvalue weighted by atomic mass is 19.2. The molecule has 1 fully saturated rings. The zero-order valence-corrected chi connectivity index (χ0v) is 7.86. The van der Waals surface area contributed by atoms with Crippen molar-refractivity contribution in [2.45, 2.75) is 12.3 Å². The van der Waals surface area contributed by atoms with Crippen molar-refractivity contribution in [3.63, 3.8) is 0 Å². The number of phenols is 1. The van der Waals surface area contributed by atoms with Gasteiger partial charge in [-0.1, -0.05) is 0 Å². The minimum atomic E-state index is -1.62. The Morgan fingerprint density at radius 1 is 1.27 bits per heavy atom. The van der Waals surface area contributed by atoms with E-state index in [4.69, 9.17) is 0 Å². The summed E-state index contributed by atoms with van der Waals surface area (Å²) in [5.74, 6) is -5.32. The lowest BCUT2D eigenvalue weighted by atomic mass is 9.97. The van der Waals surface area contributed by atoms with Gasteiger partial charge in [0.05, 0.1) is 0 Å². The van der Waals surface area contributed by atoms with Gasteiger partial charge in [0.25, 0.3) is 0 Å². The first-order chi connectivity index (χ1) is 7.11. The normalized spacial score (nSPS) is 20.9. The third-order valence-corrected chi connectivity index (χ3v) is 2.67. The summed E-state index contributed by atoms with van der Waals surface area (Å²) in [7, 11) is 0. The van der Waals surface area contributed by atoms with E-state index in [1.165, 1.54) is 0 Å². The first-order valence-corrected chi connectivity index (χ1v) is 4.68. The van der Waals surface area contributed by atoms with Crippen molar-refractivity contribution in [1.29, 1.82) is 0 Å². The summed E-state index contributed by atoms with van der Waals surface area (Å²) in [4.78, 5) is 0. The first kappa shape index (κ1) is 10.3. The van der Waals surface area contributed by atoms with Crippen LogP contribution in [0.1, 0.15) is 17.9 Å². The van der Waals surface area contributed by atoms with E-state index < -0.39 is 23.2 Å². The van der Waals surface area contributed by atoms with Crippen LogP contribution in [0.4, 0.5) is 13.2 Å². The largest absolute Gasteiger partial charge is 0.505 e. The summed E-state index contributed by atoms with van der Waals surface area (Å²) in [6.45, 7) is 1.27. The van der Waals surface area contributed by atoms with E-state index in [0.29, 0.717) is 13.0 Å². The molecule has 2 rings (SSSR count). The van der Waals surface area contributed by atoms with Crippen LogP contribution in [0.5, 0.6) is 5.75 Å². The predicted octanol–water partition coefficient (Wildman–Crippen LogP) is 1.89. The van der Waals surface area contributed by atoms with Gasteiger partial charge in [-0.05, 0) is 19.0 Å². The van der Waals surface area contributed by atoms with Gasteiger partial charge in [-0.15, -0.1) is 0 Å². The van der Waals surface area contributed by atoms with Gasteiger partial charge in [0.2, 0.25) is 5.82 Å². The SMILES string of the molecule is Oc1c(C2CCNC2)cc(F)c(F)c1F. The van der Waals surface area contributed by atoms with Crippen molar-refractivity contribution in [3.05, 3.63) is 29.1 Å². The van der Waals surface area contributed by atoms with Gasteiger partial charge in [-0.25, -0.2) is 8.78 Å². The van der Waals surface area contributed by atoms with E-state index in [9.17, 15) is 18.3 Å². The van der Waals surface area contributed by atoms with Gasteiger partial charge in [0.1, 0.15) is 0 Å². The second-order valence-electron chi connectivity index (χ2n) is 3.61. The smallest absolute Gasteiger partial charge is 0.203 e. The molecule has 1 atom stereocenters. The standard InChI is InChI=1S/C10H10F3NO/c11-7-3-6(5-1-2-14-4-5)10(15)9(13)8(7)12/h3,5,14-15H,1-2,4H2. The number of benzene rings is 1. The van der Waals surface area contributed by atoms with Gasteiger partial charge < -0.3 is 10.4 Å². The van der Waals surface area contributed by atoms with E-state index in [1.807, 2.05) is 0 Å². The summed E-state index contributed by atoms with van der Waals surface area (Å²) in [5, 5.41) is 12.4. The molecule has 0 amide bonds. The molecule has 0 aliphatic carbocycles. The molecule has 0 bridgehead atoms. The molecule has 2 nitrogen and oxygen atoms in total. The van der Waals surface area contributed by atoms with Crippen molar-refractivity contribution in [1.82, 2.24) is 5.32 Å². The second-order valence-corrected chi connectivity index (χ2v) is 3.61. The highest BCUT2D eigenvalue weighted by Gasteiger charge is 2.25. The molecule has 1 unspecified atom stereocenters. The number of aromatic hydroxyl groups is 1. The molecule has 15 heavy (non-hydrogen) atoms. The van der Waals surface area contributed by atoms with Crippen LogP contribution in [0.2, 0.25) is 0 Å². The third-order valence-electron chi connectivity index (χ3n) is 2.67. The molecule has 5 heteroatoms. The molecule has 0 spiro atoms. The minimum Gasteiger partial charge on any atom is -0.505 e. The Bertz CT molecular complexity index is 389. The van der Waals surface area contributed by atoms with E-state index in [0.717, 1.165) is 12.6 Å². The molecule has 0 radical (unpaired) electrons. The Hall–Kier alpha value is -1.23. The highest BCUT2D eigenvalue weighted by Crippen LogP contribution is 2.34. The molecule has 2 N–H and O–H groups in total. The molecule has 1 aliphatic heterocycles. The molecule has 82 valence electrons. The van der Waals surface area contributed by atoms with Crippen LogP contribution in [-0.2, 0) is 0 Å². The van der Waals surface area contributed by atoms with Crippen molar-refractivity contribution >= 4 is 0 Å². The lowest BCUT2D eigenvalue weighted by Crippen LogP contribution is -2.09. The summed E-state index contributed by atoms with van der Waals surface area (Å²) < 4.78 is 38.7. The topological polar surface area (TPSA) is 32.3 Å². The molecule has 1 heterocycles. The molecule has 1 aromatic carbocycles.